The molecule has 3 saturated heterocycles. The maximum atomic E-state index is 13.9. The first-order chi connectivity index (χ1) is 17.6. The zero-order valence-corrected chi connectivity index (χ0v) is 22.0. The fourth-order valence-electron chi connectivity index (χ4n) is 7.74. The number of alkyl halides is 1. The van der Waals surface area contributed by atoms with Crippen LogP contribution in [0.15, 0.2) is 0 Å². The van der Waals surface area contributed by atoms with Crippen LogP contribution in [0.4, 0.5) is 9.18 Å². The van der Waals surface area contributed by atoms with E-state index in [9.17, 15) is 14.3 Å². The molecule has 0 bridgehead atoms. The molecule has 6 nitrogen and oxygen atoms in total. The molecule has 3 N–H and O–H groups in total. The van der Waals surface area contributed by atoms with E-state index >= 15 is 0 Å². The number of amides is 2. The molecule has 0 aromatic rings. The van der Waals surface area contributed by atoms with Gasteiger partial charge >= 0.3 is 6.03 Å². The summed E-state index contributed by atoms with van der Waals surface area (Å²) in [5.41, 5.74) is 0. The lowest BCUT2D eigenvalue weighted by atomic mass is 9.65. The molecule has 0 aromatic carbocycles. The van der Waals surface area contributed by atoms with E-state index < -0.39 is 6.17 Å². The first kappa shape index (κ1) is 26.3. The van der Waals surface area contributed by atoms with Crippen LogP contribution in [0.25, 0.3) is 0 Å². The van der Waals surface area contributed by atoms with Gasteiger partial charge in [0.25, 0.3) is 0 Å². The summed E-state index contributed by atoms with van der Waals surface area (Å²) in [7, 11) is 0. The van der Waals surface area contributed by atoms with Crippen molar-refractivity contribution in [1.29, 1.82) is 0 Å². The summed E-state index contributed by atoms with van der Waals surface area (Å²) in [5.74, 6) is 9.26. The number of nitrogens with zero attached hydrogens (tertiary/aromatic N) is 2. The molecule has 2 amide bonds. The maximum absolute atomic E-state index is 13.9. The molecule has 0 spiro atoms. The van der Waals surface area contributed by atoms with Crippen molar-refractivity contribution < 1.29 is 14.3 Å². The number of piperidine rings is 1. The molecule has 5 aliphatic rings. The Morgan fingerprint density at radius 3 is 2.53 bits per heavy atom. The van der Waals surface area contributed by atoms with Crippen molar-refractivity contribution in [2.75, 3.05) is 39.3 Å². The van der Waals surface area contributed by atoms with Crippen LogP contribution in [0.1, 0.15) is 77.0 Å². The number of hydrogen-bond donors (Lipinski definition) is 3. The minimum Gasteiger partial charge on any atom is -0.395 e. The Morgan fingerprint density at radius 2 is 1.78 bits per heavy atom. The lowest BCUT2D eigenvalue weighted by Gasteiger charge is -2.60. The molecule has 3 heterocycles. The minimum absolute atomic E-state index is 0.0154. The lowest BCUT2D eigenvalue weighted by Crippen LogP contribution is -2.71. The SMILES string of the molecule is O=C(NC1CCCC(F)C1)N1CCCCN2[C@H](CO)[C@H](C3CCC(C#CC4CCCNC4)CC3)[C@@H]2C1. The van der Waals surface area contributed by atoms with Crippen LogP contribution in [0.2, 0.25) is 0 Å². The van der Waals surface area contributed by atoms with E-state index in [2.05, 4.69) is 27.4 Å². The van der Waals surface area contributed by atoms with E-state index in [4.69, 9.17) is 0 Å². The molecule has 3 unspecified atom stereocenters. The van der Waals surface area contributed by atoms with Crippen LogP contribution >= 0.6 is 0 Å². The van der Waals surface area contributed by atoms with Crippen molar-refractivity contribution in [3.05, 3.63) is 0 Å². The highest BCUT2D eigenvalue weighted by Crippen LogP contribution is 2.45. The van der Waals surface area contributed by atoms with E-state index in [0.29, 0.717) is 42.6 Å². The number of halogens is 1. The van der Waals surface area contributed by atoms with Gasteiger partial charge < -0.3 is 20.6 Å². The van der Waals surface area contributed by atoms with Crippen LogP contribution in [0.5, 0.6) is 0 Å². The number of hydrogen-bond acceptors (Lipinski definition) is 4. The largest absolute Gasteiger partial charge is 0.395 e. The third-order valence-electron chi connectivity index (χ3n) is 9.76. The number of rotatable bonds is 3. The van der Waals surface area contributed by atoms with Crippen molar-refractivity contribution in [2.45, 2.75) is 101 Å². The maximum Gasteiger partial charge on any atom is 0.317 e. The Hall–Kier alpha value is -1.36. The predicted molar refractivity (Wildman–Crippen MR) is 140 cm³/mol. The molecule has 202 valence electrons. The molecule has 6 atom stereocenters. The number of nitrogens with one attached hydrogen (secondary N) is 2. The van der Waals surface area contributed by atoms with Gasteiger partial charge in [-0.25, -0.2) is 9.18 Å². The van der Waals surface area contributed by atoms with Crippen LogP contribution in [0.3, 0.4) is 0 Å². The molecule has 3 aliphatic heterocycles. The molecule has 5 fully saturated rings. The number of fused-ring (bicyclic) bond motifs is 1. The number of aliphatic hydroxyl groups excluding tert-OH is 1. The monoisotopic (exact) mass is 502 g/mol. The molecule has 7 heteroatoms. The van der Waals surface area contributed by atoms with Crippen molar-refractivity contribution in [3.8, 4) is 11.8 Å². The van der Waals surface area contributed by atoms with Gasteiger partial charge in [-0.2, -0.15) is 0 Å². The molecular formula is C29H47FN4O2. The quantitative estimate of drug-likeness (QED) is 0.517. The van der Waals surface area contributed by atoms with Gasteiger partial charge in [-0.05, 0) is 102 Å². The fraction of sp³-hybridized carbons (Fsp3) is 0.897. The first-order valence-electron chi connectivity index (χ1n) is 14.9. The Bertz CT molecular complexity index is 786. The second-order valence-corrected chi connectivity index (χ2v) is 12.1. The summed E-state index contributed by atoms with van der Waals surface area (Å²) in [6, 6.07) is 0.503. The molecule has 2 aliphatic carbocycles. The van der Waals surface area contributed by atoms with Crippen LogP contribution in [-0.2, 0) is 0 Å². The van der Waals surface area contributed by atoms with Crippen molar-refractivity contribution in [1.82, 2.24) is 20.4 Å². The molecule has 0 radical (unpaired) electrons. The van der Waals surface area contributed by atoms with Gasteiger partial charge in [0.05, 0.1) is 6.61 Å². The van der Waals surface area contributed by atoms with Crippen LogP contribution in [0, 0.1) is 35.5 Å². The van der Waals surface area contributed by atoms with Gasteiger partial charge in [0.2, 0.25) is 0 Å². The summed E-state index contributed by atoms with van der Waals surface area (Å²) >= 11 is 0. The second kappa shape index (κ2) is 12.5. The predicted octanol–water partition coefficient (Wildman–Crippen LogP) is 3.54. The number of aliphatic hydroxyl groups is 1. The summed E-state index contributed by atoms with van der Waals surface area (Å²) in [6.07, 6.45) is 11.2. The Labute approximate surface area is 217 Å². The van der Waals surface area contributed by atoms with Gasteiger partial charge in [-0.15, -0.1) is 0 Å². The van der Waals surface area contributed by atoms with E-state index in [0.717, 1.165) is 71.2 Å². The Balaban J connectivity index is 1.17. The Morgan fingerprint density at radius 1 is 0.972 bits per heavy atom. The van der Waals surface area contributed by atoms with Crippen molar-refractivity contribution >= 4 is 6.03 Å². The molecule has 2 saturated carbocycles. The number of carbonyl (C=O) groups is 1. The highest BCUT2D eigenvalue weighted by atomic mass is 19.1. The van der Waals surface area contributed by atoms with E-state index in [1.807, 2.05) is 4.90 Å². The van der Waals surface area contributed by atoms with Gasteiger partial charge in [0.15, 0.2) is 0 Å². The average Bonchev–Trinajstić information content (AvgIpc) is 2.88. The first-order valence-corrected chi connectivity index (χ1v) is 14.9. The van der Waals surface area contributed by atoms with Crippen LogP contribution < -0.4 is 10.6 Å². The topological polar surface area (TPSA) is 67.8 Å². The Kier molecular flexibility index (Phi) is 9.08. The summed E-state index contributed by atoms with van der Waals surface area (Å²) < 4.78 is 13.9. The third-order valence-corrected chi connectivity index (χ3v) is 9.76. The third kappa shape index (κ3) is 6.19. The van der Waals surface area contributed by atoms with Gasteiger partial charge in [0, 0.05) is 49.6 Å². The standard InChI is InChI=1S/C29H47FN4O2/c30-24-6-3-7-25(17-24)32-29(36)33-15-1-2-16-34-26(19-33)28(27(34)20-35)23-12-10-21(11-13-23)8-9-22-5-4-14-31-18-22/h21-28,31,35H,1-7,10-20H2,(H,32,36)/t21?,22?,23?,24?,25?,26-,27+,28+/m0/s1. The molecule has 0 aromatic heterocycles. The number of carbonyl (C=O) groups excluding carboxylic acids is 1. The zero-order chi connectivity index (χ0) is 24.9. The zero-order valence-electron chi connectivity index (χ0n) is 22.0. The van der Waals surface area contributed by atoms with E-state index in [-0.39, 0.29) is 24.7 Å². The van der Waals surface area contributed by atoms with Crippen molar-refractivity contribution in [3.63, 3.8) is 0 Å². The highest BCUT2D eigenvalue weighted by molar-refractivity contribution is 5.74. The van der Waals surface area contributed by atoms with Crippen molar-refractivity contribution in [2.24, 2.45) is 23.7 Å². The molecule has 36 heavy (non-hydrogen) atoms. The van der Waals surface area contributed by atoms with Gasteiger partial charge in [-0.3, -0.25) is 4.90 Å². The number of urea groups is 1. The molecular weight excluding hydrogens is 455 g/mol. The van der Waals surface area contributed by atoms with E-state index in [1.54, 1.807) is 0 Å². The fourth-order valence-corrected chi connectivity index (χ4v) is 7.74. The summed E-state index contributed by atoms with van der Waals surface area (Å²) in [4.78, 5) is 17.7. The summed E-state index contributed by atoms with van der Waals surface area (Å²) in [6.45, 7) is 4.90. The van der Waals surface area contributed by atoms with Gasteiger partial charge in [0.1, 0.15) is 6.17 Å². The lowest BCUT2D eigenvalue weighted by molar-refractivity contribution is -0.123. The van der Waals surface area contributed by atoms with Gasteiger partial charge in [-0.1, -0.05) is 11.8 Å². The second-order valence-electron chi connectivity index (χ2n) is 12.1. The van der Waals surface area contributed by atoms with Crippen LogP contribution in [-0.4, -0.2) is 84.6 Å². The normalized spacial score (nSPS) is 40.0. The highest BCUT2D eigenvalue weighted by Gasteiger charge is 2.52. The van der Waals surface area contributed by atoms with E-state index in [1.165, 1.54) is 25.7 Å². The minimum atomic E-state index is -0.785. The average molecular weight is 503 g/mol. The smallest absolute Gasteiger partial charge is 0.317 e. The summed E-state index contributed by atoms with van der Waals surface area (Å²) in [5, 5.41) is 16.9. The molecule has 5 rings (SSSR count).